The van der Waals surface area contributed by atoms with Crippen LogP contribution in [0.5, 0.6) is 5.75 Å². The summed E-state index contributed by atoms with van der Waals surface area (Å²) in [5.74, 6) is 1.04. The second-order valence-electron chi connectivity index (χ2n) is 5.65. The Morgan fingerprint density at radius 2 is 2.29 bits per heavy atom. The second kappa shape index (κ2) is 7.43. The van der Waals surface area contributed by atoms with Crippen molar-refractivity contribution < 1.29 is 9.53 Å². The number of amides is 1. The molecule has 0 aliphatic carbocycles. The van der Waals surface area contributed by atoms with Gasteiger partial charge in [0, 0.05) is 40.3 Å². The van der Waals surface area contributed by atoms with Crippen LogP contribution >= 0.6 is 0 Å². The first-order valence-corrected chi connectivity index (χ1v) is 7.43. The summed E-state index contributed by atoms with van der Waals surface area (Å²) >= 11 is 0. The van der Waals surface area contributed by atoms with E-state index in [-0.39, 0.29) is 11.9 Å². The lowest BCUT2D eigenvalue weighted by atomic mass is 10.1. The standard InChI is InChI=1S/C16H25N3O2/c1-13-5-4-6-14(11-13)21-10-9-19-8-7-17-12-15(19)16(20)18(2)3/h4-6,11,15,17H,7-10,12H2,1-3H3. The van der Waals surface area contributed by atoms with Crippen molar-refractivity contribution >= 4 is 5.91 Å². The van der Waals surface area contributed by atoms with Crippen LogP contribution in [-0.2, 0) is 4.79 Å². The van der Waals surface area contributed by atoms with Gasteiger partial charge in [0.1, 0.15) is 18.4 Å². The topological polar surface area (TPSA) is 44.8 Å². The Hall–Kier alpha value is -1.59. The molecule has 1 fully saturated rings. The molecular formula is C16H25N3O2. The number of benzene rings is 1. The van der Waals surface area contributed by atoms with E-state index in [1.165, 1.54) is 5.56 Å². The number of rotatable bonds is 5. The lowest BCUT2D eigenvalue weighted by Gasteiger charge is -2.36. The Balaban J connectivity index is 1.86. The van der Waals surface area contributed by atoms with Crippen molar-refractivity contribution in [3.63, 3.8) is 0 Å². The summed E-state index contributed by atoms with van der Waals surface area (Å²) in [6.07, 6.45) is 0. The molecule has 5 heteroatoms. The van der Waals surface area contributed by atoms with Gasteiger partial charge in [0.25, 0.3) is 0 Å². The number of ether oxygens (including phenoxy) is 1. The smallest absolute Gasteiger partial charge is 0.240 e. The zero-order valence-electron chi connectivity index (χ0n) is 13.1. The van der Waals surface area contributed by atoms with E-state index in [1.54, 1.807) is 19.0 Å². The van der Waals surface area contributed by atoms with E-state index in [0.29, 0.717) is 13.2 Å². The number of aryl methyl sites for hydroxylation is 1. The van der Waals surface area contributed by atoms with Crippen molar-refractivity contribution in [2.45, 2.75) is 13.0 Å². The fraction of sp³-hybridized carbons (Fsp3) is 0.562. The molecule has 1 aliphatic heterocycles. The largest absolute Gasteiger partial charge is 0.492 e. The first kappa shape index (κ1) is 15.8. The molecule has 0 spiro atoms. The van der Waals surface area contributed by atoms with Crippen molar-refractivity contribution in [1.82, 2.24) is 15.1 Å². The third kappa shape index (κ3) is 4.44. The highest BCUT2D eigenvalue weighted by Crippen LogP contribution is 2.13. The third-order valence-electron chi connectivity index (χ3n) is 3.72. The lowest BCUT2D eigenvalue weighted by molar-refractivity contribution is -0.135. The van der Waals surface area contributed by atoms with Crippen LogP contribution < -0.4 is 10.1 Å². The molecule has 21 heavy (non-hydrogen) atoms. The highest BCUT2D eigenvalue weighted by molar-refractivity contribution is 5.81. The Morgan fingerprint density at radius 3 is 3.00 bits per heavy atom. The molecule has 0 aromatic heterocycles. The summed E-state index contributed by atoms with van der Waals surface area (Å²) in [5, 5.41) is 3.29. The average Bonchev–Trinajstić information content (AvgIpc) is 2.47. The third-order valence-corrected chi connectivity index (χ3v) is 3.72. The highest BCUT2D eigenvalue weighted by Gasteiger charge is 2.29. The first-order chi connectivity index (χ1) is 10.1. The van der Waals surface area contributed by atoms with Gasteiger partial charge in [0.15, 0.2) is 0 Å². The second-order valence-corrected chi connectivity index (χ2v) is 5.65. The van der Waals surface area contributed by atoms with Gasteiger partial charge < -0.3 is 15.0 Å². The number of hydrogen-bond donors (Lipinski definition) is 1. The van der Waals surface area contributed by atoms with Crippen molar-refractivity contribution in [2.24, 2.45) is 0 Å². The van der Waals surface area contributed by atoms with Crippen molar-refractivity contribution in [3.05, 3.63) is 29.8 Å². The van der Waals surface area contributed by atoms with Gasteiger partial charge in [0.2, 0.25) is 5.91 Å². The van der Waals surface area contributed by atoms with Gasteiger partial charge in [0.05, 0.1) is 0 Å². The first-order valence-electron chi connectivity index (χ1n) is 7.43. The van der Waals surface area contributed by atoms with Crippen molar-refractivity contribution in [2.75, 3.05) is 46.9 Å². The minimum absolute atomic E-state index is 0.0881. The van der Waals surface area contributed by atoms with Crippen LogP contribution in [0.15, 0.2) is 24.3 Å². The molecule has 0 radical (unpaired) electrons. The van der Waals surface area contributed by atoms with E-state index in [9.17, 15) is 4.79 Å². The van der Waals surface area contributed by atoms with E-state index in [4.69, 9.17) is 4.74 Å². The molecular weight excluding hydrogens is 266 g/mol. The maximum atomic E-state index is 12.2. The van der Waals surface area contributed by atoms with Crippen molar-refractivity contribution in [3.8, 4) is 5.75 Å². The summed E-state index contributed by atoms with van der Waals surface area (Å²) in [7, 11) is 3.61. The molecule has 0 saturated carbocycles. The van der Waals surface area contributed by atoms with E-state index >= 15 is 0 Å². The summed E-state index contributed by atoms with van der Waals surface area (Å²) in [6.45, 7) is 5.92. The van der Waals surface area contributed by atoms with Gasteiger partial charge in [-0.25, -0.2) is 0 Å². The van der Waals surface area contributed by atoms with Gasteiger partial charge in [-0.3, -0.25) is 9.69 Å². The molecule has 1 atom stereocenters. The van der Waals surface area contributed by atoms with Crippen LogP contribution in [0, 0.1) is 6.92 Å². The predicted octanol–water partition coefficient (Wildman–Crippen LogP) is 0.736. The van der Waals surface area contributed by atoms with Crippen molar-refractivity contribution in [1.29, 1.82) is 0 Å². The molecule has 1 amide bonds. The van der Waals surface area contributed by atoms with Gasteiger partial charge in [-0.1, -0.05) is 12.1 Å². The number of carbonyl (C=O) groups is 1. The van der Waals surface area contributed by atoms with Crippen LogP contribution in [0.4, 0.5) is 0 Å². The number of nitrogens with zero attached hydrogens (tertiary/aromatic N) is 2. The molecule has 116 valence electrons. The molecule has 5 nitrogen and oxygen atoms in total. The van der Waals surface area contributed by atoms with Crippen LogP contribution in [0.3, 0.4) is 0 Å². The van der Waals surface area contributed by atoms with Crippen LogP contribution in [0.25, 0.3) is 0 Å². The zero-order chi connectivity index (χ0) is 15.2. The average molecular weight is 291 g/mol. The van der Waals surface area contributed by atoms with Gasteiger partial charge in [-0.05, 0) is 24.6 Å². The Labute approximate surface area is 126 Å². The maximum absolute atomic E-state index is 12.2. The van der Waals surface area contributed by atoms with Crippen LogP contribution in [0.2, 0.25) is 0 Å². The van der Waals surface area contributed by atoms with E-state index in [0.717, 1.165) is 25.4 Å². The summed E-state index contributed by atoms with van der Waals surface area (Å²) < 4.78 is 5.79. The fourth-order valence-electron chi connectivity index (χ4n) is 2.54. The monoisotopic (exact) mass is 291 g/mol. The maximum Gasteiger partial charge on any atom is 0.240 e. The SMILES string of the molecule is Cc1cccc(OCCN2CCNCC2C(=O)N(C)C)c1. The molecule has 2 rings (SSSR count). The molecule has 1 aromatic rings. The number of piperazine rings is 1. The predicted molar refractivity (Wildman–Crippen MR) is 83.6 cm³/mol. The Bertz CT molecular complexity index is 476. The molecule has 1 saturated heterocycles. The minimum atomic E-state index is -0.0881. The molecule has 0 bridgehead atoms. The van der Waals surface area contributed by atoms with Gasteiger partial charge in [-0.15, -0.1) is 0 Å². The summed E-state index contributed by atoms with van der Waals surface area (Å²) in [5.41, 5.74) is 1.19. The molecule has 1 aromatic carbocycles. The van der Waals surface area contributed by atoms with E-state index < -0.39 is 0 Å². The Kier molecular flexibility index (Phi) is 5.59. The summed E-state index contributed by atoms with van der Waals surface area (Å²) in [4.78, 5) is 16.1. The number of carbonyl (C=O) groups excluding carboxylic acids is 1. The molecule has 1 unspecified atom stereocenters. The fourth-order valence-corrected chi connectivity index (χ4v) is 2.54. The molecule has 1 aliphatic rings. The van der Waals surface area contributed by atoms with Gasteiger partial charge >= 0.3 is 0 Å². The normalized spacial score (nSPS) is 19.3. The molecule has 1 heterocycles. The molecule has 1 N–H and O–H groups in total. The van der Waals surface area contributed by atoms with Crippen LogP contribution in [0.1, 0.15) is 5.56 Å². The highest BCUT2D eigenvalue weighted by atomic mass is 16.5. The van der Waals surface area contributed by atoms with E-state index in [2.05, 4.69) is 23.2 Å². The number of likely N-dealkylation sites (N-methyl/N-ethyl adjacent to an activating group) is 1. The number of hydrogen-bond acceptors (Lipinski definition) is 4. The zero-order valence-corrected chi connectivity index (χ0v) is 13.1. The van der Waals surface area contributed by atoms with Gasteiger partial charge in [-0.2, -0.15) is 0 Å². The summed E-state index contributed by atoms with van der Waals surface area (Å²) in [6, 6.07) is 7.95. The van der Waals surface area contributed by atoms with Crippen LogP contribution in [-0.4, -0.2) is 68.6 Å². The quantitative estimate of drug-likeness (QED) is 0.869. The lowest BCUT2D eigenvalue weighted by Crippen LogP contribution is -2.58. The Morgan fingerprint density at radius 1 is 1.48 bits per heavy atom. The minimum Gasteiger partial charge on any atom is -0.492 e. The number of nitrogens with one attached hydrogen (secondary N) is 1. The van der Waals surface area contributed by atoms with E-state index in [1.807, 2.05) is 18.2 Å².